The van der Waals surface area contributed by atoms with Gasteiger partial charge in [0.2, 0.25) is 0 Å². The maximum atomic E-state index is 11.1. The molecule has 16 heavy (non-hydrogen) atoms. The van der Waals surface area contributed by atoms with Gasteiger partial charge < -0.3 is 9.84 Å². The Morgan fingerprint density at radius 1 is 1.25 bits per heavy atom. The summed E-state index contributed by atoms with van der Waals surface area (Å²) in [6.45, 7) is 0. The highest BCUT2D eigenvalue weighted by Crippen LogP contribution is 2.30. The first-order chi connectivity index (χ1) is 7.74. The van der Waals surface area contributed by atoms with Gasteiger partial charge in [0, 0.05) is 5.39 Å². The van der Waals surface area contributed by atoms with Gasteiger partial charge in [0.15, 0.2) is 0 Å². The van der Waals surface area contributed by atoms with Gasteiger partial charge in [-0.05, 0) is 34.0 Å². The third-order valence-electron chi connectivity index (χ3n) is 2.31. The van der Waals surface area contributed by atoms with Gasteiger partial charge in [-0.25, -0.2) is 4.79 Å². The molecule has 0 aliphatic heterocycles. The molecule has 0 radical (unpaired) electrons. The van der Waals surface area contributed by atoms with Crippen molar-refractivity contribution in [3.8, 4) is 5.75 Å². The number of hydrogen-bond acceptors (Lipinski definition) is 2. The zero-order chi connectivity index (χ0) is 11.5. The molecular weight excluding hydrogens is 319 g/mol. The number of aromatic carboxylic acids is 1. The minimum absolute atomic E-state index is 0.204. The standard InChI is InChI=1S/C12H9IO3/c13-7-16-11-9-4-2-1-3-8(9)5-6-10(11)12(14)15/h1-6H,7H2,(H,14,15). The van der Waals surface area contributed by atoms with Crippen LogP contribution < -0.4 is 4.74 Å². The van der Waals surface area contributed by atoms with Crippen LogP contribution in [0.2, 0.25) is 0 Å². The van der Waals surface area contributed by atoms with E-state index in [1.165, 1.54) is 0 Å². The molecule has 2 rings (SSSR count). The Balaban J connectivity index is 2.73. The van der Waals surface area contributed by atoms with Gasteiger partial charge in [-0.1, -0.05) is 30.3 Å². The van der Waals surface area contributed by atoms with E-state index >= 15 is 0 Å². The number of carbonyl (C=O) groups is 1. The summed E-state index contributed by atoms with van der Waals surface area (Å²) in [6.07, 6.45) is 0. The molecule has 0 aliphatic carbocycles. The lowest BCUT2D eigenvalue weighted by molar-refractivity contribution is 0.0693. The van der Waals surface area contributed by atoms with E-state index in [0.29, 0.717) is 10.4 Å². The van der Waals surface area contributed by atoms with Crippen molar-refractivity contribution < 1.29 is 14.6 Å². The van der Waals surface area contributed by atoms with E-state index in [4.69, 9.17) is 9.84 Å². The fourth-order valence-corrected chi connectivity index (χ4v) is 1.93. The number of halogens is 1. The van der Waals surface area contributed by atoms with Crippen LogP contribution in [0.15, 0.2) is 36.4 Å². The monoisotopic (exact) mass is 328 g/mol. The number of ether oxygens (including phenoxy) is 1. The molecule has 0 aromatic heterocycles. The van der Waals surface area contributed by atoms with Gasteiger partial charge in [-0.15, -0.1) is 0 Å². The van der Waals surface area contributed by atoms with Gasteiger partial charge in [-0.3, -0.25) is 0 Å². The van der Waals surface area contributed by atoms with E-state index in [0.717, 1.165) is 10.8 Å². The van der Waals surface area contributed by atoms with E-state index in [1.54, 1.807) is 12.1 Å². The van der Waals surface area contributed by atoms with Crippen LogP contribution >= 0.6 is 22.6 Å². The third-order valence-corrected chi connectivity index (χ3v) is 2.62. The predicted octanol–water partition coefficient (Wildman–Crippen LogP) is 3.31. The topological polar surface area (TPSA) is 46.5 Å². The Kier molecular flexibility index (Phi) is 3.28. The smallest absolute Gasteiger partial charge is 0.339 e. The second-order valence-corrected chi connectivity index (χ2v) is 3.84. The quantitative estimate of drug-likeness (QED) is 0.695. The number of carboxylic acid groups (broad SMARTS) is 1. The van der Waals surface area contributed by atoms with Crippen molar-refractivity contribution in [2.45, 2.75) is 0 Å². The molecule has 2 aromatic carbocycles. The van der Waals surface area contributed by atoms with Gasteiger partial charge in [0.25, 0.3) is 0 Å². The van der Waals surface area contributed by atoms with Crippen LogP contribution in [-0.4, -0.2) is 15.7 Å². The molecule has 1 N–H and O–H groups in total. The minimum atomic E-state index is -0.967. The molecule has 0 fully saturated rings. The highest BCUT2D eigenvalue weighted by molar-refractivity contribution is 14.1. The Morgan fingerprint density at radius 3 is 2.69 bits per heavy atom. The largest absolute Gasteiger partial charge is 0.482 e. The summed E-state index contributed by atoms with van der Waals surface area (Å²) in [5.74, 6) is -0.523. The molecule has 0 saturated carbocycles. The van der Waals surface area contributed by atoms with Gasteiger partial charge >= 0.3 is 5.97 Å². The molecule has 0 spiro atoms. The summed E-state index contributed by atoms with van der Waals surface area (Å²) in [4.78, 5) is 11.1. The van der Waals surface area contributed by atoms with E-state index < -0.39 is 5.97 Å². The van der Waals surface area contributed by atoms with Gasteiger partial charge in [-0.2, -0.15) is 0 Å². The molecular formula is C12H9IO3. The lowest BCUT2D eigenvalue weighted by atomic mass is 10.1. The Hall–Kier alpha value is -1.30. The Bertz CT molecular complexity index is 537. The highest BCUT2D eigenvalue weighted by atomic mass is 127. The molecule has 82 valence electrons. The van der Waals surface area contributed by atoms with Crippen LogP contribution in [-0.2, 0) is 0 Å². The fraction of sp³-hybridized carbons (Fsp3) is 0.0833. The van der Waals surface area contributed by atoms with Crippen molar-refractivity contribution in [2.24, 2.45) is 0 Å². The van der Waals surface area contributed by atoms with Gasteiger partial charge in [0.1, 0.15) is 15.9 Å². The van der Waals surface area contributed by atoms with Crippen molar-refractivity contribution >= 4 is 39.3 Å². The first-order valence-electron chi connectivity index (χ1n) is 4.68. The zero-order valence-electron chi connectivity index (χ0n) is 8.31. The summed E-state index contributed by atoms with van der Waals surface area (Å²) >= 11 is 2.05. The lowest BCUT2D eigenvalue weighted by Crippen LogP contribution is -2.02. The first kappa shape index (κ1) is 11.2. The molecule has 3 nitrogen and oxygen atoms in total. The maximum absolute atomic E-state index is 11.1. The molecule has 0 atom stereocenters. The second-order valence-electron chi connectivity index (χ2n) is 3.22. The molecule has 0 saturated heterocycles. The van der Waals surface area contributed by atoms with Crippen molar-refractivity contribution in [2.75, 3.05) is 4.61 Å². The van der Waals surface area contributed by atoms with E-state index in [2.05, 4.69) is 0 Å². The summed E-state index contributed by atoms with van der Waals surface area (Å²) in [7, 11) is 0. The average Bonchev–Trinajstić information content (AvgIpc) is 2.29. The molecule has 2 aromatic rings. The highest BCUT2D eigenvalue weighted by Gasteiger charge is 2.14. The summed E-state index contributed by atoms with van der Waals surface area (Å²) in [6, 6.07) is 10.9. The number of benzene rings is 2. The molecule has 0 unspecified atom stereocenters. The van der Waals surface area contributed by atoms with Crippen LogP contribution in [0.4, 0.5) is 0 Å². The minimum Gasteiger partial charge on any atom is -0.482 e. The van der Waals surface area contributed by atoms with Crippen molar-refractivity contribution in [1.29, 1.82) is 0 Å². The first-order valence-corrected chi connectivity index (χ1v) is 6.20. The number of fused-ring (bicyclic) bond motifs is 1. The van der Waals surface area contributed by atoms with Crippen molar-refractivity contribution in [1.82, 2.24) is 0 Å². The SMILES string of the molecule is O=C(O)c1ccc2ccccc2c1OCI. The number of alkyl halides is 1. The number of hydrogen-bond donors (Lipinski definition) is 1. The second kappa shape index (κ2) is 4.69. The summed E-state index contributed by atoms with van der Waals surface area (Å²) in [5, 5.41) is 10.9. The molecule has 0 amide bonds. The summed E-state index contributed by atoms with van der Waals surface area (Å²) in [5.41, 5.74) is 0.204. The average molecular weight is 328 g/mol. The Labute approximate surface area is 106 Å². The normalized spacial score (nSPS) is 10.3. The van der Waals surface area contributed by atoms with E-state index in [1.807, 2.05) is 46.9 Å². The summed E-state index contributed by atoms with van der Waals surface area (Å²) < 4.78 is 5.84. The number of rotatable bonds is 3. The third kappa shape index (κ3) is 1.97. The van der Waals surface area contributed by atoms with Crippen LogP contribution in [0.25, 0.3) is 10.8 Å². The Morgan fingerprint density at radius 2 is 2.00 bits per heavy atom. The van der Waals surface area contributed by atoms with Crippen LogP contribution in [0.5, 0.6) is 5.75 Å². The number of carboxylic acids is 1. The van der Waals surface area contributed by atoms with Crippen LogP contribution in [0, 0.1) is 0 Å². The van der Waals surface area contributed by atoms with Crippen LogP contribution in [0.3, 0.4) is 0 Å². The fourth-order valence-electron chi connectivity index (χ4n) is 1.62. The zero-order valence-corrected chi connectivity index (χ0v) is 10.5. The van der Waals surface area contributed by atoms with Crippen molar-refractivity contribution in [3.05, 3.63) is 42.0 Å². The lowest BCUT2D eigenvalue weighted by Gasteiger charge is -2.09. The molecule has 4 heteroatoms. The van der Waals surface area contributed by atoms with Gasteiger partial charge in [0.05, 0.1) is 0 Å². The molecule has 0 aliphatic rings. The maximum Gasteiger partial charge on any atom is 0.339 e. The van der Waals surface area contributed by atoms with E-state index in [-0.39, 0.29) is 5.56 Å². The molecule has 0 heterocycles. The predicted molar refractivity (Wildman–Crippen MR) is 70.4 cm³/mol. The van der Waals surface area contributed by atoms with Crippen LogP contribution in [0.1, 0.15) is 10.4 Å². The van der Waals surface area contributed by atoms with Crippen molar-refractivity contribution in [3.63, 3.8) is 0 Å². The van der Waals surface area contributed by atoms with E-state index in [9.17, 15) is 4.79 Å². The molecule has 0 bridgehead atoms.